The Kier molecular flexibility index (Phi) is 3.18. The number of rotatable bonds is 3. The van der Waals surface area contributed by atoms with Crippen LogP contribution < -0.4 is 0 Å². The summed E-state index contributed by atoms with van der Waals surface area (Å²) in [7, 11) is 0. The lowest BCUT2D eigenvalue weighted by Gasteiger charge is -2.26. The van der Waals surface area contributed by atoms with Gasteiger partial charge < -0.3 is 14.2 Å². The summed E-state index contributed by atoms with van der Waals surface area (Å²) >= 11 is 0. The molecule has 0 radical (unpaired) electrons. The molecule has 0 saturated carbocycles. The van der Waals surface area contributed by atoms with E-state index >= 15 is 0 Å². The van der Waals surface area contributed by atoms with E-state index in [1.165, 1.54) is 0 Å². The minimum atomic E-state index is -0.980. The molecule has 1 saturated heterocycles. The van der Waals surface area contributed by atoms with Crippen LogP contribution in [0.5, 0.6) is 0 Å². The number of morpholine rings is 1. The number of imidazole rings is 1. The first-order valence-electron chi connectivity index (χ1n) is 6.25. The zero-order valence-electron chi connectivity index (χ0n) is 10.5. The van der Waals surface area contributed by atoms with Crippen LogP contribution in [-0.4, -0.2) is 51.7 Å². The summed E-state index contributed by atoms with van der Waals surface area (Å²) < 4.78 is 7.15. The van der Waals surface area contributed by atoms with Crippen molar-refractivity contribution in [3.05, 3.63) is 35.8 Å². The molecule has 0 aliphatic carbocycles. The first-order valence-corrected chi connectivity index (χ1v) is 6.25. The van der Waals surface area contributed by atoms with Crippen LogP contribution in [-0.2, 0) is 11.3 Å². The van der Waals surface area contributed by atoms with Crippen molar-refractivity contribution in [1.29, 1.82) is 0 Å². The quantitative estimate of drug-likeness (QED) is 0.887. The normalized spacial score (nSPS) is 16.8. The third kappa shape index (κ3) is 2.32. The van der Waals surface area contributed by atoms with Gasteiger partial charge >= 0.3 is 5.97 Å². The van der Waals surface area contributed by atoms with Gasteiger partial charge in [-0.05, 0) is 12.1 Å². The van der Waals surface area contributed by atoms with Gasteiger partial charge in [0.05, 0.1) is 18.9 Å². The number of ether oxygens (including phenoxy) is 1. The molecular weight excluding hydrogens is 246 g/mol. The number of fused-ring (bicyclic) bond motifs is 1. The molecule has 3 rings (SSSR count). The number of pyridine rings is 1. The van der Waals surface area contributed by atoms with E-state index in [4.69, 9.17) is 4.74 Å². The van der Waals surface area contributed by atoms with Crippen LogP contribution >= 0.6 is 0 Å². The van der Waals surface area contributed by atoms with Gasteiger partial charge in [0.1, 0.15) is 5.65 Å². The van der Waals surface area contributed by atoms with Gasteiger partial charge in [-0.3, -0.25) is 4.90 Å². The molecule has 0 aromatic carbocycles. The molecule has 100 valence electrons. The molecule has 1 aliphatic heterocycles. The predicted octanol–water partition coefficient (Wildman–Crippen LogP) is 0.865. The lowest BCUT2D eigenvalue weighted by Crippen LogP contribution is -2.36. The second-order valence-corrected chi connectivity index (χ2v) is 4.53. The van der Waals surface area contributed by atoms with E-state index in [1.54, 1.807) is 0 Å². The molecule has 0 spiro atoms. The van der Waals surface area contributed by atoms with E-state index in [0.717, 1.165) is 18.8 Å². The molecular formula is C13H15N3O3. The number of carboxylic acids is 1. The fourth-order valence-corrected chi connectivity index (χ4v) is 2.34. The largest absolute Gasteiger partial charge is 0.476 e. The molecule has 0 unspecified atom stereocenters. The van der Waals surface area contributed by atoms with Gasteiger partial charge in [-0.2, -0.15) is 0 Å². The maximum Gasteiger partial charge on any atom is 0.356 e. The van der Waals surface area contributed by atoms with Crippen LogP contribution in [0.25, 0.3) is 5.65 Å². The van der Waals surface area contributed by atoms with Gasteiger partial charge in [-0.1, -0.05) is 6.07 Å². The molecule has 1 aliphatic rings. The summed E-state index contributed by atoms with van der Waals surface area (Å²) in [5.41, 5.74) is 1.53. The van der Waals surface area contributed by atoms with Crippen molar-refractivity contribution >= 4 is 11.6 Å². The van der Waals surface area contributed by atoms with Crippen molar-refractivity contribution < 1.29 is 14.6 Å². The minimum absolute atomic E-state index is 0.137. The first-order chi connectivity index (χ1) is 9.25. The zero-order chi connectivity index (χ0) is 13.2. The van der Waals surface area contributed by atoms with Gasteiger partial charge in [0.2, 0.25) is 0 Å². The Bertz CT molecular complexity index is 602. The predicted molar refractivity (Wildman–Crippen MR) is 68.2 cm³/mol. The van der Waals surface area contributed by atoms with Crippen molar-refractivity contribution in [1.82, 2.24) is 14.3 Å². The third-order valence-electron chi connectivity index (χ3n) is 3.31. The van der Waals surface area contributed by atoms with Crippen LogP contribution in [0, 0.1) is 0 Å². The van der Waals surface area contributed by atoms with Gasteiger partial charge in [-0.25, -0.2) is 9.78 Å². The Morgan fingerprint density at radius 1 is 1.37 bits per heavy atom. The molecule has 0 amide bonds. The van der Waals surface area contributed by atoms with Crippen LogP contribution in [0.2, 0.25) is 0 Å². The molecule has 3 heterocycles. The van der Waals surface area contributed by atoms with E-state index in [-0.39, 0.29) is 5.69 Å². The van der Waals surface area contributed by atoms with E-state index < -0.39 is 5.97 Å². The zero-order valence-corrected chi connectivity index (χ0v) is 10.5. The highest BCUT2D eigenvalue weighted by atomic mass is 16.5. The fraction of sp³-hybridized carbons (Fsp3) is 0.385. The molecule has 2 aromatic heterocycles. The number of carboxylic acid groups (broad SMARTS) is 1. The molecule has 19 heavy (non-hydrogen) atoms. The number of aromatic nitrogens is 2. The van der Waals surface area contributed by atoms with Crippen molar-refractivity contribution in [2.24, 2.45) is 0 Å². The second-order valence-electron chi connectivity index (χ2n) is 4.53. The highest BCUT2D eigenvalue weighted by Crippen LogP contribution is 2.15. The third-order valence-corrected chi connectivity index (χ3v) is 3.31. The van der Waals surface area contributed by atoms with Crippen molar-refractivity contribution in [3.8, 4) is 0 Å². The summed E-state index contributed by atoms with van der Waals surface area (Å²) in [6, 6.07) is 5.55. The average molecular weight is 261 g/mol. The average Bonchev–Trinajstić information content (AvgIpc) is 2.79. The van der Waals surface area contributed by atoms with E-state index in [2.05, 4.69) is 9.88 Å². The number of hydrogen-bond donors (Lipinski definition) is 1. The Morgan fingerprint density at radius 2 is 2.16 bits per heavy atom. The second kappa shape index (κ2) is 4.99. The van der Waals surface area contributed by atoms with Crippen LogP contribution in [0.1, 0.15) is 16.2 Å². The monoisotopic (exact) mass is 261 g/mol. The Labute approximate surface area is 110 Å². The molecule has 6 heteroatoms. The molecule has 0 atom stereocenters. The van der Waals surface area contributed by atoms with Crippen molar-refractivity contribution in [3.63, 3.8) is 0 Å². The SMILES string of the molecule is O=C(O)c1nc2ccccn2c1CN1CCOCC1. The van der Waals surface area contributed by atoms with Gasteiger partial charge in [0, 0.05) is 25.8 Å². The summed E-state index contributed by atoms with van der Waals surface area (Å²) in [6.07, 6.45) is 1.85. The number of carbonyl (C=O) groups is 1. The van der Waals surface area contributed by atoms with Crippen LogP contribution in [0.4, 0.5) is 0 Å². The summed E-state index contributed by atoms with van der Waals surface area (Å²) in [4.78, 5) is 17.7. The standard InChI is InChI=1S/C13H15N3O3/c17-13(18)12-10(9-15-5-7-19-8-6-15)16-4-2-1-3-11(16)14-12/h1-4H,5-9H2,(H,17,18). The summed E-state index contributed by atoms with van der Waals surface area (Å²) in [5, 5.41) is 9.28. The summed E-state index contributed by atoms with van der Waals surface area (Å²) in [5.74, 6) is -0.980. The lowest BCUT2D eigenvalue weighted by atomic mass is 10.3. The molecule has 1 N–H and O–H groups in total. The Morgan fingerprint density at radius 3 is 2.89 bits per heavy atom. The number of hydrogen-bond acceptors (Lipinski definition) is 4. The summed E-state index contributed by atoms with van der Waals surface area (Å²) in [6.45, 7) is 3.60. The lowest BCUT2D eigenvalue weighted by molar-refractivity contribution is 0.0332. The number of nitrogens with zero attached hydrogens (tertiary/aromatic N) is 3. The van der Waals surface area contributed by atoms with Gasteiger partial charge in [0.25, 0.3) is 0 Å². The van der Waals surface area contributed by atoms with Gasteiger partial charge in [-0.15, -0.1) is 0 Å². The maximum atomic E-state index is 11.3. The topological polar surface area (TPSA) is 67.1 Å². The fourth-order valence-electron chi connectivity index (χ4n) is 2.34. The Hall–Kier alpha value is -1.92. The number of aromatic carboxylic acids is 1. The highest BCUT2D eigenvalue weighted by molar-refractivity contribution is 5.87. The van der Waals surface area contributed by atoms with Crippen molar-refractivity contribution in [2.45, 2.75) is 6.54 Å². The minimum Gasteiger partial charge on any atom is -0.476 e. The van der Waals surface area contributed by atoms with Crippen LogP contribution in [0.3, 0.4) is 0 Å². The Balaban J connectivity index is 1.99. The molecule has 1 fully saturated rings. The van der Waals surface area contributed by atoms with Crippen LogP contribution in [0.15, 0.2) is 24.4 Å². The van der Waals surface area contributed by atoms with Crippen molar-refractivity contribution in [2.75, 3.05) is 26.3 Å². The molecule has 6 nitrogen and oxygen atoms in total. The highest BCUT2D eigenvalue weighted by Gasteiger charge is 2.21. The van der Waals surface area contributed by atoms with E-state index in [9.17, 15) is 9.90 Å². The molecule has 2 aromatic rings. The van der Waals surface area contributed by atoms with Gasteiger partial charge in [0.15, 0.2) is 5.69 Å². The smallest absolute Gasteiger partial charge is 0.356 e. The van der Waals surface area contributed by atoms with E-state index in [0.29, 0.717) is 25.4 Å². The molecule has 0 bridgehead atoms. The maximum absolute atomic E-state index is 11.3. The van der Waals surface area contributed by atoms with E-state index in [1.807, 2.05) is 28.8 Å². The first kappa shape index (κ1) is 12.1.